The van der Waals surface area contributed by atoms with Gasteiger partial charge in [0.15, 0.2) is 0 Å². The number of benzene rings is 2. The zero-order valence-electron chi connectivity index (χ0n) is 17.2. The van der Waals surface area contributed by atoms with Crippen molar-refractivity contribution in [3.63, 3.8) is 0 Å². The number of rotatable bonds is 4. The Hall–Kier alpha value is -3.08. The topological polar surface area (TPSA) is 62.1 Å². The van der Waals surface area contributed by atoms with Gasteiger partial charge in [0.25, 0.3) is 0 Å². The van der Waals surface area contributed by atoms with Crippen molar-refractivity contribution in [3.05, 3.63) is 58.7 Å². The van der Waals surface area contributed by atoms with E-state index in [1.807, 2.05) is 12.1 Å². The van der Waals surface area contributed by atoms with E-state index in [-0.39, 0.29) is 11.1 Å². The van der Waals surface area contributed by atoms with Gasteiger partial charge >= 0.3 is 5.97 Å². The van der Waals surface area contributed by atoms with E-state index in [9.17, 15) is 9.90 Å². The molecular formula is C23H26N2O3. The summed E-state index contributed by atoms with van der Waals surface area (Å²) in [5.74, 6) is -0.223. The number of methoxy groups -OCH3 is 1. The van der Waals surface area contributed by atoms with Gasteiger partial charge in [-0.25, -0.2) is 4.79 Å². The summed E-state index contributed by atoms with van der Waals surface area (Å²) in [5.41, 5.74) is 5.76. The largest absolute Gasteiger partial charge is 0.496 e. The van der Waals surface area contributed by atoms with E-state index < -0.39 is 5.97 Å². The first kappa shape index (κ1) is 19.7. The number of aromatic carboxylic acids is 1. The summed E-state index contributed by atoms with van der Waals surface area (Å²) in [5, 5.41) is 9.30. The molecular weight excluding hydrogens is 352 g/mol. The molecule has 1 aliphatic rings. The fraction of sp³-hybridized carbons (Fsp3) is 0.304. The molecule has 1 aliphatic heterocycles. The van der Waals surface area contributed by atoms with E-state index in [1.165, 1.54) is 5.57 Å². The molecule has 5 nitrogen and oxygen atoms in total. The molecule has 28 heavy (non-hydrogen) atoms. The van der Waals surface area contributed by atoms with Crippen LogP contribution in [0.4, 0.5) is 11.4 Å². The minimum Gasteiger partial charge on any atom is -0.496 e. The lowest BCUT2D eigenvalue weighted by atomic mass is 9.88. The van der Waals surface area contributed by atoms with Crippen LogP contribution in [0.5, 0.6) is 5.75 Å². The predicted molar refractivity (Wildman–Crippen MR) is 115 cm³/mol. The Bertz CT molecular complexity index is 1000. The zero-order valence-corrected chi connectivity index (χ0v) is 17.2. The van der Waals surface area contributed by atoms with Crippen molar-refractivity contribution >= 4 is 29.1 Å². The number of carboxylic acid groups (broad SMARTS) is 1. The van der Waals surface area contributed by atoms with Crippen LogP contribution < -0.4 is 9.64 Å². The molecule has 3 rings (SSSR count). The van der Waals surface area contributed by atoms with Crippen LogP contribution in [0.2, 0.25) is 0 Å². The van der Waals surface area contributed by atoms with Crippen LogP contribution >= 0.6 is 0 Å². The first-order valence-electron chi connectivity index (χ1n) is 9.18. The number of likely N-dealkylation sites (N-methyl/N-ethyl adjacent to an activating group) is 1. The normalized spacial score (nSPS) is 15.4. The predicted octanol–water partition coefficient (Wildman–Crippen LogP) is 5.08. The maximum absolute atomic E-state index is 11.3. The summed E-state index contributed by atoms with van der Waals surface area (Å²) in [6.45, 7) is 8.24. The van der Waals surface area contributed by atoms with Gasteiger partial charge in [0.2, 0.25) is 0 Å². The number of allylic oxidation sites excluding steroid dienone is 1. The fourth-order valence-electron chi connectivity index (χ4n) is 3.61. The van der Waals surface area contributed by atoms with E-state index in [1.54, 1.807) is 32.4 Å². The number of aliphatic imine (C=N–C) groups is 1. The molecule has 0 spiro atoms. The number of hydrogen-bond acceptors (Lipinski definition) is 4. The second-order valence-corrected chi connectivity index (χ2v) is 7.66. The maximum Gasteiger partial charge on any atom is 0.336 e. The highest BCUT2D eigenvalue weighted by Gasteiger charge is 2.29. The molecule has 0 unspecified atom stereocenters. The molecule has 0 amide bonds. The van der Waals surface area contributed by atoms with Crippen LogP contribution in [0.1, 0.15) is 47.8 Å². The zero-order chi connectivity index (χ0) is 20.6. The second kappa shape index (κ2) is 7.15. The summed E-state index contributed by atoms with van der Waals surface area (Å²) in [4.78, 5) is 18.1. The Morgan fingerprint density at radius 3 is 2.61 bits per heavy atom. The van der Waals surface area contributed by atoms with Gasteiger partial charge < -0.3 is 14.7 Å². The van der Waals surface area contributed by atoms with E-state index in [0.717, 1.165) is 22.6 Å². The number of nitrogens with zero attached hydrogens (tertiary/aromatic N) is 2. The minimum atomic E-state index is -0.952. The standard InChI is InChI=1S/C23H26N2O3/c1-14-12-23(3,4)25(5)20-11-21(28-6)16(10-18(14)20)13-24-19-9-7-8-17(15(19)2)22(26)27/h7-13H,1-6H3,(H,26,27). The van der Waals surface area contributed by atoms with Gasteiger partial charge in [0.1, 0.15) is 5.75 Å². The molecule has 2 aromatic rings. The molecule has 2 aromatic carbocycles. The average Bonchev–Trinajstić information content (AvgIpc) is 2.64. The van der Waals surface area contributed by atoms with Crippen molar-refractivity contribution in [1.82, 2.24) is 0 Å². The number of ether oxygens (including phenoxy) is 1. The van der Waals surface area contributed by atoms with Gasteiger partial charge in [0, 0.05) is 36.1 Å². The van der Waals surface area contributed by atoms with Crippen LogP contribution in [0, 0.1) is 6.92 Å². The lowest BCUT2D eigenvalue weighted by Crippen LogP contribution is -2.42. The Balaban J connectivity index is 2.07. The van der Waals surface area contributed by atoms with Crippen molar-refractivity contribution in [2.75, 3.05) is 19.1 Å². The summed E-state index contributed by atoms with van der Waals surface area (Å²) in [6, 6.07) is 9.21. The van der Waals surface area contributed by atoms with E-state index in [0.29, 0.717) is 11.3 Å². The van der Waals surface area contributed by atoms with Crippen LogP contribution in [0.15, 0.2) is 41.4 Å². The number of anilines is 1. The summed E-state index contributed by atoms with van der Waals surface area (Å²) >= 11 is 0. The number of carbonyl (C=O) groups is 1. The number of carboxylic acids is 1. The highest BCUT2D eigenvalue weighted by atomic mass is 16.5. The van der Waals surface area contributed by atoms with Gasteiger partial charge in [-0.2, -0.15) is 0 Å². The lowest BCUT2D eigenvalue weighted by molar-refractivity contribution is 0.0696. The van der Waals surface area contributed by atoms with Gasteiger partial charge in [-0.3, -0.25) is 4.99 Å². The fourth-order valence-corrected chi connectivity index (χ4v) is 3.61. The Morgan fingerprint density at radius 1 is 1.25 bits per heavy atom. The molecule has 0 bridgehead atoms. The first-order valence-corrected chi connectivity index (χ1v) is 9.18. The molecule has 146 valence electrons. The molecule has 0 aliphatic carbocycles. The molecule has 0 fully saturated rings. The molecule has 5 heteroatoms. The molecule has 0 atom stereocenters. The van der Waals surface area contributed by atoms with Crippen molar-refractivity contribution in [2.45, 2.75) is 33.2 Å². The highest BCUT2D eigenvalue weighted by Crippen LogP contribution is 2.41. The summed E-state index contributed by atoms with van der Waals surface area (Å²) in [7, 11) is 3.72. The Labute approximate surface area is 166 Å². The molecule has 1 heterocycles. The highest BCUT2D eigenvalue weighted by molar-refractivity contribution is 5.94. The van der Waals surface area contributed by atoms with Crippen molar-refractivity contribution in [1.29, 1.82) is 0 Å². The van der Waals surface area contributed by atoms with Gasteiger partial charge in [-0.1, -0.05) is 12.1 Å². The monoisotopic (exact) mass is 378 g/mol. The van der Waals surface area contributed by atoms with Crippen LogP contribution in [0.25, 0.3) is 5.57 Å². The summed E-state index contributed by atoms with van der Waals surface area (Å²) < 4.78 is 5.61. The van der Waals surface area contributed by atoms with E-state index in [2.05, 4.69) is 49.9 Å². The van der Waals surface area contributed by atoms with Crippen molar-refractivity contribution in [2.24, 2.45) is 4.99 Å². The number of fused-ring (bicyclic) bond motifs is 1. The van der Waals surface area contributed by atoms with Gasteiger partial charge in [-0.15, -0.1) is 0 Å². The van der Waals surface area contributed by atoms with Crippen molar-refractivity contribution < 1.29 is 14.6 Å². The SMILES string of the molecule is COc1cc2c(cc1C=Nc1cccc(C(=O)O)c1C)C(C)=CC(C)(C)N2C. The molecule has 1 N–H and O–H groups in total. The van der Waals surface area contributed by atoms with E-state index >= 15 is 0 Å². The smallest absolute Gasteiger partial charge is 0.336 e. The van der Waals surface area contributed by atoms with Crippen LogP contribution in [-0.4, -0.2) is 37.0 Å². The third-order valence-corrected chi connectivity index (χ3v) is 5.45. The molecule has 0 saturated heterocycles. The third kappa shape index (κ3) is 3.40. The van der Waals surface area contributed by atoms with Crippen molar-refractivity contribution in [3.8, 4) is 5.75 Å². The maximum atomic E-state index is 11.3. The minimum absolute atomic E-state index is 0.0773. The Morgan fingerprint density at radius 2 is 1.96 bits per heavy atom. The molecule has 0 saturated carbocycles. The van der Waals surface area contributed by atoms with E-state index in [4.69, 9.17) is 4.74 Å². The average molecular weight is 378 g/mol. The quantitative estimate of drug-likeness (QED) is 0.753. The summed E-state index contributed by atoms with van der Waals surface area (Å²) in [6.07, 6.45) is 3.99. The Kier molecular flexibility index (Phi) is 5.02. The molecule has 0 aromatic heterocycles. The van der Waals surface area contributed by atoms with Crippen LogP contribution in [-0.2, 0) is 0 Å². The third-order valence-electron chi connectivity index (χ3n) is 5.45. The lowest BCUT2D eigenvalue weighted by Gasteiger charge is -2.40. The second-order valence-electron chi connectivity index (χ2n) is 7.66. The van der Waals surface area contributed by atoms with Gasteiger partial charge in [-0.05, 0) is 57.0 Å². The van der Waals surface area contributed by atoms with Crippen LogP contribution in [0.3, 0.4) is 0 Å². The first-order chi connectivity index (χ1) is 13.2. The number of hydrogen-bond donors (Lipinski definition) is 1. The van der Waals surface area contributed by atoms with Gasteiger partial charge in [0.05, 0.1) is 23.9 Å². The molecule has 0 radical (unpaired) electrons.